The van der Waals surface area contributed by atoms with E-state index in [1.165, 1.54) is 10.6 Å². The minimum absolute atomic E-state index is 0.0488. The Morgan fingerprint density at radius 2 is 1.93 bits per heavy atom. The molecule has 2 fully saturated rings. The molecule has 0 aliphatic carbocycles. The first kappa shape index (κ1) is 19.9. The Labute approximate surface area is 159 Å². The predicted octanol–water partition coefficient (Wildman–Crippen LogP) is -0.0619. The van der Waals surface area contributed by atoms with Gasteiger partial charge in [-0.25, -0.2) is 0 Å². The van der Waals surface area contributed by atoms with Gasteiger partial charge >= 0.3 is 0 Å². The molecule has 1 unspecified atom stereocenters. The van der Waals surface area contributed by atoms with E-state index in [2.05, 4.69) is 4.90 Å². The molecule has 0 radical (unpaired) electrons. The normalized spacial score (nSPS) is 24.6. The van der Waals surface area contributed by atoms with Gasteiger partial charge in [0.05, 0.1) is 18.8 Å². The smallest absolute Gasteiger partial charge is 0.254 e. The van der Waals surface area contributed by atoms with Crippen LogP contribution in [0.2, 0.25) is 0 Å². The fourth-order valence-corrected chi connectivity index (χ4v) is 3.91. The van der Waals surface area contributed by atoms with E-state index in [1.807, 2.05) is 0 Å². The van der Waals surface area contributed by atoms with E-state index in [-0.39, 0.29) is 23.8 Å². The number of carbonyl (C=O) groups is 1. The van der Waals surface area contributed by atoms with E-state index in [0.29, 0.717) is 51.4 Å². The second-order valence-electron chi connectivity index (χ2n) is 7.63. The largest absolute Gasteiger partial charge is 0.508 e. The molecular weight excluding hydrogens is 350 g/mol. The summed E-state index contributed by atoms with van der Waals surface area (Å²) in [6.07, 6.45) is 1.92. The first-order valence-corrected chi connectivity index (χ1v) is 9.57. The number of hydrogen-bond acceptors (Lipinski definition) is 6. The first-order valence-electron chi connectivity index (χ1n) is 9.57. The predicted molar refractivity (Wildman–Crippen MR) is 99.7 cm³/mol. The number of amides is 1. The van der Waals surface area contributed by atoms with Crippen LogP contribution in [-0.4, -0.2) is 82.0 Å². The fraction of sp³-hybridized carbons (Fsp3) is 0.684. The molecule has 0 spiro atoms. The molecule has 150 valence electrons. The van der Waals surface area contributed by atoms with Crippen LogP contribution in [0.4, 0.5) is 0 Å². The van der Waals surface area contributed by atoms with Crippen molar-refractivity contribution in [2.75, 3.05) is 45.9 Å². The number of nitrogens with zero attached hydrogens (tertiary/aromatic N) is 3. The molecule has 1 aromatic rings. The number of aryl methyl sites for hydroxylation is 1. The van der Waals surface area contributed by atoms with Crippen molar-refractivity contribution >= 4 is 5.91 Å². The summed E-state index contributed by atoms with van der Waals surface area (Å²) in [6, 6.07) is 2.59. The number of rotatable bonds is 4. The average Bonchev–Trinajstić information content (AvgIpc) is 2.80. The number of likely N-dealkylation sites (tertiary alicyclic amines) is 1. The van der Waals surface area contributed by atoms with Gasteiger partial charge in [-0.1, -0.05) is 0 Å². The maximum atomic E-state index is 12.7. The summed E-state index contributed by atoms with van der Waals surface area (Å²) in [5.74, 6) is -0.231. The highest BCUT2D eigenvalue weighted by atomic mass is 16.5. The Morgan fingerprint density at radius 1 is 1.19 bits per heavy atom. The van der Waals surface area contributed by atoms with Crippen LogP contribution < -0.4 is 5.56 Å². The molecule has 2 saturated heterocycles. The average molecular weight is 379 g/mol. The molecule has 27 heavy (non-hydrogen) atoms. The van der Waals surface area contributed by atoms with Crippen LogP contribution in [0.3, 0.4) is 0 Å². The van der Waals surface area contributed by atoms with Gasteiger partial charge in [0.25, 0.3) is 5.56 Å². The van der Waals surface area contributed by atoms with E-state index < -0.39 is 5.60 Å². The molecule has 3 rings (SSSR count). The Hall–Kier alpha value is -1.90. The molecule has 0 bridgehead atoms. The minimum atomic E-state index is -0.794. The molecule has 0 aromatic carbocycles. The van der Waals surface area contributed by atoms with Crippen LogP contribution in [0.25, 0.3) is 0 Å². The summed E-state index contributed by atoms with van der Waals surface area (Å²) in [7, 11) is 0. The zero-order chi connectivity index (χ0) is 19.4. The minimum Gasteiger partial charge on any atom is -0.508 e. The van der Waals surface area contributed by atoms with Gasteiger partial charge in [-0.3, -0.25) is 14.5 Å². The molecule has 1 amide bonds. The fourth-order valence-electron chi connectivity index (χ4n) is 3.91. The number of carbonyl (C=O) groups excluding carboxylic acids is 1. The van der Waals surface area contributed by atoms with Gasteiger partial charge in [0, 0.05) is 44.5 Å². The summed E-state index contributed by atoms with van der Waals surface area (Å²) >= 11 is 0. The third-order valence-electron chi connectivity index (χ3n) is 5.50. The van der Waals surface area contributed by atoms with Crippen molar-refractivity contribution in [1.82, 2.24) is 14.4 Å². The number of morpholine rings is 1. The number of aromatic nitrogens is 1. The topological polar surface area (TPSA) is 95.2 Å². The molecular formula is C19H29N3O5. The van der Waals surface area contributed by atoms with Crippen LogP contribution in [0, 0.1) is 6.92 Å². The maximum Gasteiger partial charge on any atom is 0.254 e. The summed E-state index contributed by atoms with van der Waals surface area (Å²) in [4.78, 5) is 28.7. The van der Waals surface area contributed by atoms with Crippen molar-refractivity contribution < 1.29 is 19.7 Å². The summed E-state index contributed by atoms with van der Waals surface area (Å²) < 4.78 is 6.73. The Morgan fingerprint density at radius 3 is 2.63 bits per heavy atom. The standard InChI is InChI=1S/C19H29N3O5/c1-15-11-16(23)12-17(24)22(15)13-18(25)21-5-2-3-19(26,4-6-21)14-20-7-9-27-10-8-20/h11-12,23,26H,2-10,13-14H2,1H3. The van der Waals surface area contributed by atoms with Gasteiger partial charge < -0.3 is 24.4 Å². The summed E-state index contributed by atoms with van der Waals surface area (Å²) in [6.45, 7) is 6.35. The van der Waals surface area contributed by atoms with Crippen LogP contribution >= 0.6 is 0 Å². The van der Waals surface area contributed by atoms with Crippen LogP contribution in [0.15, 0.2) is 16.9 Å². The number of ether oxygens (including phenoxy) is 1. The van der Waals surface area contributed by atoms with Crippen molar-refractivity contribution in [2.45, 2.75) is 38.3 Å². The van der Waals surface area contributed by atoms with Crippen LogP contribution in [0.5, 0.6) is 5.75 Å². The summed E-state index contributed by atoms with van der Waals surface area (Å²) in [5, 5.41) is 20.5. The monoisotopic (exact) mass is 379 g/mol. The molecule has 1 aromatic heterocycles. The van der Waals surface area contributed by atoms with E-state index in [9.17, 15) is 19.8 Å². The zero-order valence-electron chi connectivity index (χ0n) is 15.9. The Bertz CT molecular complexity index is 729. The number of β-amino-alcohol motifs (C(OH)–C–C–N with tert-alkyl or cyclic N) is 1. The van der Waals surface area contributed by atoms with Gasteiger partial charge in [-0.2, -0.15) is 0 Å². The number of hydrogen-bond donors (Lipinski definition) is 2. The number of aliphatic hydroxyl groups is 1. The first-order chi connectivity index (χ1) is 12.9. The highest BCUT2D eigenvalue weighted by molar-refractivity contribution is 5.76. The molecule has 8 nitrogen and oxygen atoms in total. The highest BCUT2D eigenvalue weighted by Crippen LogP contribution is 2.24. The lowest BCUT2D eigenvalue weighted by atomic mass is 9.94. The number of pyridine rings is 1. The Kier molecular flexibility index (Phi) is 6.18. The second kappa shape index (κ2) is 8.41. The Balaban J connectivity index is 1.60. The van der Waals surface area contributed by atoms with Gasteiger partial charge in [-0.05, 0) is 32.3 Å². The van der Waals surface area contributed by atoms with Crippen molar-refractivity contribution in [2.24, 2.45) is 0 Å². The van der Waals surface area contributed by atoms with Crippen LogP contribution in [0.1, 0.15) is 25.0 Å². The zero-order valence-corrected chi connectivity index (χ0v) is 15.9. The lowest BCUT2D eigenvalue weighted by Gasteiger charge is -2.35. The molecule has 0 saturated carbocycles. The quantitative estimate of drug-likeness (QED) is 0.761. The van der Waals surface area contributed by atoms with Crippen molar-refractivity contribution in [3.05, 3.63) is 28.2 Å². The van der Waals surface area contributed by atoms with E-state index >= 15 is 0 Å². The third-order valence-corrected chi connectivity index (χ3v) is 5.50. The van der Waals surface area contributed by atoms with Crippen molar-refractivity contribution in [3.63, 3.8) is 0 Å². The SMILES string of the molecule is Cc1cc(O)cc(=O)n1CC(=O)N1CCCC(O)(CN2CCOCC2)CC1. The van der Waals surface area contributed by atoms with Crippen molar-refractivity contribution in [1.29, 1.82) is 0 Å². The molecule has 2 N–H and O–H groups in total. The van der Waals surface area contributed by atoms with Gasteiger partial charge in [-0.15, -0.1) is 0 Å². The lowest BCUT2D eigenvalue weighted by Crippen LogP contribution is -2.48. The second-order valence-corrected chi connectivity index (χ2v) is 7.63. The number of aromatic hydroxyl groups is 1. The molecule has 8 heteroatoms. The highest BCUT2D eigenvalue weighted by Gasteiger charge is 2.33. The molecule has 2 aliphatic heterocycles. The summed E-state index contributed by atoms with van der Waals surface area (Å²) in [5.41, 5.74) is -0.635. The molecule has 1 atom stereocenters. The van der Waals surface area contributed by atoms with E-state index in [0.717, 1.165) is 25.6 Å². The maximum absolute atomic E-state index is 12.7. The molecule has 2 aliphatic rings. The van der Waals surface area contributed by atoms with Gasteiger partial charge in [0.2, 0.25) is 5.91 Å². The van der Waals surface area contributed by atoms with E-state index in [1.54, 1.807) is 11.8 Å². The van der Waals surface area contributed by atoms with Gasteiger partial charge in [0.1, 0.15) is 12.3 Å². The lowest BCUT2D eigenvalue weighted by molar-refractivity contribution is -0.132. The van der Waals surface area contributed by atoms with E-state index in [4.69, 9.17) is 4.74 Å². The molecule has 3 heterocycles. The van der Waals surface area contributed by atoms with Crippen molar-refractivity contribution in [3.8, 4) is 5.75 Å². The van der Waals surface area contributed by atoms with Gasteiger partial charge in [0.15, 0.2) is 0 Å². The third kappa shape index (κ3) is 5.09. The van der Waals surface area contributed by atoms with Crippen LogP contribution in [-0.2, 0) is 16.1 Å².